The van der Waals surface area contributed by atoms with Gasteiger partial charge < -0.3 is 35.4 Å². The number of aromatic nitrogens is 6. The molecule has 0 radical (unpaired) electrons. The minimum atomic E-state index is -4.33. The van der Waals surface area contributed by atoms with Crippen LogP contribution in [0.5, 0.6) is 0 Å². The number of β-amino-alcohol motifs (C(OH)–C–C–N with tert-alkyl or cyclic N) is 1. The number of aliphatic hydroxyl groups excluding tert-OH is 1. The number of thiazole rings is 1. The third-order valence-corrected chi connectivity index (χ3v) is 21.2. The van der Waals surface area contributed by atoms with E-state index >= 15 is 0 Å². The van der Waals surface area contributed by atoms with Gasteiger partial charge in [0.2, 0.25) is 33.5 Å². The molecule has 2 aliphatic heterocycles. The number of morpholine rings is 1. The highest BCUT2D eigenvalue weighted by atomic mass is 32.2. The Bertz CT molecular complexity index is 3890. The van der Waals surface area contributed by atoms with Crippen molar-refractivity contribution in [2.45, 2.75) is 156 Å². The van der Waals surface area contributed by atoms with Gasteiger partial charge in [0.05, 0.1) is 53.7 Å². The van der Waals surface area contributed by atoms with E-state index in [0.717, 1.165) is 92.8 Å². The van der Waals surface area contributed by atoms with Crippen LogP contribution in [0, 0.1) is 47.9 Å². The number of carbonyl (C=O) groups excluding carboxylic acids is 5. The minimum Gasteiger partial charge on any atom is -0.391 e. The molecule has 4 aliphatic carbocycles. The molecule has 12 rings (SSSR count). The number of hydrogen-bond acceptors (Lipinski definition) is 18. The molecular formula is C68H84N12O10S2. The van der Waals surface area contributed by atoms with Crippen LogP contribution in [0.25, 0.3) is 21.3 Å². The number of aryl methyl sites for hydroxylation is 1. The maximum absolute atomic E-state index is 14.6. The molecule has 92 heavy (non-hydrogen) atoms. The molecule has 6 aromatic rings. The summed E-state index contributed by atoms with van der Waals surface area (Å²) in [7, 11) is -4.33. The van der Waals surface area contributed by atoms with E-state index in [0.29, 0.717) is 40.8 Å². The number of hydrogen-bond donors (Lipinski definition) is 5. The Morgan fingerprint density at radius 2 is 1.63 bits per heavy atom. The number of sulfonamides is 1. The number of rotatable bonds is 24. The minimum absolute atomic E-state index is 0.0294. The molecule has 2 aromatic carbocycles. The van der Waals surface area contributed by atoms with Crippen LogP contribution < -0.4 is 20.7 Å². The summed E-state index contributed by atoms with van der Waals surface area (Å²) in [5, 5.41) is 33.7. The molecule has 4 bridgehead atoms. The standard InChI is InChI=1S/C68H84N12O10S2/c1-9-45-18-20-46(21-19-45)33-69-60(84)53-32-47(81)35-79(53)62(86)58(64(4,5)6)73-55(82)17-11-10-14-30-92(87,88)77-61(85)56-48(22-23-51(71-56)57(83)52-31-43(2)59(76-75-52)74-63-72-50-15-12-13-16-54(50)91-63)49-34-70-80(44(49)3)42-67-37-65(7)36-66(8,38-67)40-68(39-65,41-67)90-29-26-78-24-27-89-28-25-78/h1,12-13,15-16,18-23,31,34,47,53,58,81H,10-11,14,17,24-30,32-33,35-42H2,2-8H3,(H,69,84)(H,73,82)(H,77,85)(H,72,74,76)/t47-,53+,58-,65-,66+,67?,68?/m1/s1. The number of pyridine rings is 1. The number of carbonyl (C=O) groups is 5. The number of ether oxygens (including phenoxy) is 2. The summed E-state index contributed by atoms with van der Waals surface area (Å²) in [5.41, 5.74) is 3.00. The van der Waals surface area contributed by atoms with Crippen LogP contribution in [0.15, 0.2) is 72.9 Å². The molecule has 6 heterocycles. The Kier molecular flexibility index (Phi) is 19.0. The second kappa shape index (κ2) is 26.5. The summed E-state index contributed by atoms with van der Waals surface area (Å²) in [6, 6.07) is 17.5. The molecule has 6 aliphatic rings. The number of nitrogens with one attached hydrogen (secondary N) is 4. The van der Waals surface area contributed by atoms with Crippen LogP contribution in [0.3, 0.4) is 0 Å². The molecule has 2 unspecified atom stereocenters. The monoisotopic (exact) mass is 1290 g/mol. The smallest absolute Gasteiger partial charge is 0.283 e. The van der Waals surface area contributed by atoms with Crippen LogP contribution >= 0.6 is 11.3 Å². The zero-order valence-electron chi connectivity index (χ0n) is 53.6. The fourth-order valence-electron chi connectivity index (χ4n) is 15.8. The van der Waals surface area contributed by atoms with Gasteiger partial charge in [0.15, 0.2) is 10.9 Å². The predicted octanol–water partition coefficient (Wildman–Crippen LogP) is 7.81. The Balaban J connectivity index is 0.766. The van der Waals surface area contributed by atoms with Crippen molar-refractivity contribution in [2.24, 2.45) is 21.7 Å². The zero-order valence-corrected chi connectivity index (χ0v) is 55.2. The SMILES string of the molecule is C#Cc1ccc(CNC(=O)[C@@H]2C[C@@H](O)CN2C(=O)[C@@H](NC(=O)CCCCCS(=O)(=O)NC(=O)c2nc(C(=O)c3cc(C)c(Nc4nc5ccccc5s4)nn3)ccc2-c2cnn(CC34CC5(OCCN6CCOCC6)C[C@](C)(C3)C[C@](C)(C4)C5)c2C)C(C)(C)C)cc1. The molecule has 7 atom stereocenters. The number of benzene rings is 2. The summed E-state index contributed by atoms with van der Waals surface area (Å²) in [5.74, 6) is -0.619. The lowest BCUT2D eigenvalue weighted by molar-refractivity contribution is -0.249. The first-order valence-electron chi connectivity index (χ1n) is 31.9. The lowest BCUT2D eigenvalue weighted by atomic mass is 9.39. The van der Waals surface area contributed by atoms with E-state index in [9.17, 15) is 37.5 Å². The second-order valence-electron chi connectivity index (χ2n) is 28.1. The Morgan fingerprint density at radius 3 is 2.34 bits per heavy atom. The van der Waals surface area contributed by atoms with E-state index in [1.165, 1.54) is 22.3 Å². The Morgan fingerprint density at radius 1 is 0.891 bits per heavy atom. The topological polar surface area (TPSA) is 282 Å². The number of ketones is 1. The first-order valence-corrected chi connectivity index (χ1v) is 34.3. The van der Waals surface area contributed by atoms with Gasteiger partial charge in [-0.3, -0.25) is 33.6 Å². The van der Waals surface area contributed by atoms with Crippen LogP contribution in [0.4, 0.5) is 10.9 Å². The summed E-state index contributed by atoms with van der Waals surface area (Å²) >= 11 is 1.45. The van der Waals surface area contributed by atoms with Crippen LogP contribution in [-0.4, -0.2) is 158 Å². The van der Waals surface area contributed by atoms with Crippen molar-refractivity contribution in [3.8, 4) is 23.5 Å². The molecule has 2 saturated heterocycles. The van der Waals surface area contributed by atoms with E-state index in [4.69, 9.17) is 21.0 Å². The van der Waals surface area contributed by atoms with Crippen LogP contribution in [0.2, 0.25) is 0 Å². The number of aliphatic hydroxyl groups is 1. The van der Waals surface area contributed by atoms with Crippen molar-refractivity contribution in [1.29, 1.82) is 0 Å². The average Bonchev–Trinajstić information content (AvgIpc) is 0.756. The summed E-state index contributed by atoms with van der Waals surface area (Å²) in [6.45, 7) is 19.4. The highest BCUT2D eigenvalue weighted by molar-refractivity contribution is 7.90. The van der Waals surface area contributed by atoms with Crippen molar-refractivity contribution in [2.75, 3.05) is 57.1 Å². The predicted molar refractivity (Wildman–Crippen MR) is 349 cm³/mol. The Labute approximate surface area is 541 Å². The fourth-order valence-corrected chi connectivity index (χ4v) is 17.7. The summed E-state index contributed by atoms with van der Waals surface area (Å²) in [4.78, 5) is 83.2. The summed E-state index contributed by atoms with van der Waals surface area (Å²) < 4.78 is 45.7. The van der Waals surface area contributed by atoms with Crippen molar-refractivity contribution in [1.82, 2.24) is 55.1 Å². The number of fused-ring (bicyclic) bond motifs is 1. The highest BCUT2D eigenvalue weighted by Crippen LogP contribution is 2.72. The van der Waals surface area contributed by atoms with Gasteiger partial charge in [-0.15, -0.1) is 16.6 Å². The third kappa shape index (κ3) is 14.9. The van der Waals surface area contributed by atoms with Gasteiger partial charge in [-0.2, -0.15) is 5.10 Å². The molecule has 6 fully saturated rings. The first-order chi connectivity index (χ1) is 43.7. The normalized spacial score (nSPS) is 24.1. The summed E-state index contributed by atoms with van der Waals surface area (Å²) in [6.07, 6.45) is 12.9. The van der Waals surface area contributed by atoms with Gasteiger partial charge in [0.25, 0.3) is 5.91 Å². The Hall–Kier alpha value is -7.53. The van der Waals surface area contributed by atoms with E-state index in [1.807, 2.05) is 35.9 Å². The van der Waals surface area contributed by atoms with Gasteiger partial charge in [0.1, 0.15) is 29.2 Å². The number of para-hydroxylation sites is 1. The van der Waals surface area contributed by atoms with Crippen molar-refractivity contribution >= 4 is 71.9 Å². The van der Waals surface area contributed by atoms with Crippen molar-refractivity contribution in [3.63, 3.8) is 0 Å². The van der Waals surface area contributed by atoms with E-state index in [-0.39, 0.29) is 89.7 Å². The van der Waals surface area contributed by atoms with Gasteiger partial charge in [-0.05, 0) is 140 Å². The number of likely N-dealkylation sites (tertiary alicyclic amines) is 1. The lowest BCUT2D eigenvalue weighted by Gasteiger charge is -2.69. The third-order valence-electron chi connectivity index (χ3n) is 19.0. The van der Waals surface area contributed by atoms with E-state index in [2.05, 4.69) is 65.5 Å². The number of amides is 4. The van der Waals surface area contributed by atoms with Gasteiger partial charge >= 0.3 is 0 Å². The van der Waals surface area contributed by atoms with E-state index < -0.39 is 68.8 Å². The van der Waals surface area contributed by atoms with Crippen molar-refractivity contribution < 1.29 is 47.0 Å². The maximum Gasteiger partial charge on any atom is 0.283 e. The second-order valence-corrected chi connectivity index (χ2v) is 31.0. The largest absolute Gasteiger partial charge is 0.391 e. The molecule has 4 aromatic heterocycles. The number of nitrogens with zero attached hydrogens (tertiary/aromatic N) is 8. The quantitative estimate of drug-likeness (QED) is 0.0219. The number of unbranched alkanes of at least 4 members (excludes halogenated alkanes) is 2. The van der Waals surface area contributed by atoms with E-state index in [1.54, 1.807) is 70.3 Å². The van der Waals surface area contributed by atoms with Crippen LogP contribution in [0.1, 0.15) is 154 Å². The molecule has 24 heteroatoms. The van der Waals surface area contributed by atoms with Gasteiger partial charge in [-0.25, -0.2) is 23.1 Å². The van der Waals surface area contributed by atoms with Crippen LogP contribution in [-0.2, 0) is 47.0 Å². The van der Waals surface area contributed by atoms with Crippen molar-refractivity contribution in [3.05, 3.63) is 112 Å². The average molecular weight is 1290 g/mol. The maximum atomic E-state index is 14.6. The highest BCUT2D eigenvalue weighted by Gasteiger charge is 2.66. The molecule has 0 spiro atoms. The first kappa shape index (κ1) is 65.9. The molecular weight excluding hydrogens is 1210 g/mol. The number of anilines is 2. The molecule has 22 nitrogen and oxygen atoms in total. The van der Waals surface area contributed by atoms with Gasteiger partial charge in [0, 0.05) is 74.5 Å². The molecule has 5 N–H and O–H groups in total. The molecule has 488 valence electrons. The lowest BCUT2D eigenvalue weighted by Crippen LogP contribution is -2.64. The number of terminal acetylenes is 1. The molecule has 4 amide bonds. The fraction of sp³-hybridized carbons (Fsp3) is 0.529. The van der Waals surface area contributed by atoms with Gasteiger partial charge in [-0.1, -0.05) is 82.6 Å². The molecule has 4 saturated carbocycles. The zero-order chi connectivity index (χ0) is 65.4.